The molecule has 0 bridgehead atoms. The van der Waals surface area contributed by atoms with Crippen molar-refractivity contribution < 1.29 is 18.8 Å². The van der Waals surface area contributed by atoms with E-state index in [4.69, 9.17) is 21.1 Å². The number of aromatic nitrogens is 2. The lowest BCUT2D eigenvalue weighted by Gasteiger charge is -2.30. The average Bonchev–Trinajstić information content (AvgIpc) is 2.79. The number of nitrogens with one attached hydrogen (secondary N) is 1. The molecule has 1 fully saturated rings. The molecular formula is C26H29ClN5O3S+. The van der Waals surface area contributed by atoms with E-state index in [2.05, 4.69) is 48.1 Å². The fraction of sp³-hybridized carbons (Fsp3) is 0.346. The zero-order valence-electron chi connectivity index (χ0n) is 20.4. The van der Waals surface area contributed by atoms with Gasteiger partial charge in [0.1, 0.15) is 38.3 Å². The highest BCUT2D eigenvalue weighted by atomic mass is 35.5. The largest absolute Gasteiger partial charge is 0.487 e. The molecule has 0 aliphatic heterocycles. The quantitative estimate of drug-likeness (QED) is 0.183. The van der Waals surface area contributed by atoms with E-state index in [0.717, 1.165) is 30.4 Å². The second kappa shape index (κ2) is 10.5. The van der Waals surface area contributed by atoms with Crippen LogP contribution < -0.4 is 14.9 Å². The number of hydrogen-bond acceptors (Lipinski definition) is 8. The molecule has 10 heteroatoms. The molecule has 2 aromatic carbocycles. The Labute approximate surface area is 221 Å². The number of hydrogen-bond donors (Lipinski definition) is 3. The lowest BCUT2D eigenvalue weighted by atomic mass is 9.77. The summed E-state index contributed by atoms with van der Waals surface area (Å²) in [4.78, 5) is 8.36. The van der Waals surface area contributed by atoms with Crippen molar-refractivity contribution in [2.24, 2.45) is 0 Å². The van der Waals surface area contributed by atoms with Gasteiger partial charge in [0, 0.05) is 11.6 Å². The second-order valence-corrected chi connectivity index (χ2v) is 10.6. The van der Waals surface area contributed by atoms with Crippen LogP contribution in [0.2, 0.25) is 5.02 Å². The Morgan fingerprint density at radius 1 is 1.22 bits per heavy atom. The van der Waals surface area contributed by atoms with Crippen molar-refractivity contribution in [3.63, 3.8) is 0 Å². The number of anilines is 1. The fourth-order valence-corrected chi connectivity index (χ4v) is 4.18. The van der Waals surface area contributed by atoms with E-state index in [1.165, 1.54) is 7.05 Å². The van der Waals surface area contributed by atoms with Crippen LogP contribution in [-0.2, 0) is 12.0 Å². The molecule has 1 unspecified atom stereocenters. The Morgan fingerprint density at radius 3 is 2.56 bits per heavy atom. The Kier molecular flexibility index (Phi) is 7.62. The molecule has 1 heterocycles. The van der Waals surface area contributed by atoms with Crippen molar-refractivity contribution in [1.29, 1.82) is 5.26 Å². The maximum absolute atomic E-state index is 9.73. The van der Waals surface area contributed by atoms with Gasteiger partial charge in [0.25, 0.3) is 5.95 Å². The third-order valence-corrected chi connectivity index (χ3v) is 6.59. The van der Waals surface area contributed by atoms with Gasteiger partial charge < -0.3 is 9.47 Å². The molecule has 8 nitrogen and oxygen atoms in total. The standard InChI is InChI=1S/C26H29ClN5O3S/c1-26(2,19-13-17(15-28)24(23(27)14-19)35-22-5-4-6-22)18-7-9-21(10-8-18)34-16-20-11-12-29-25(30-20)31-32(3,33)36/h7-14,22,33,36H,4-6,16H2,1-3H3,(H,29,30,31)/q+1. The molecule has 0 radical (unpaired) electrons. The number of rotatable bonds is 9. The number of thiol groups is 1. The van der Waals surface area contributed by atoms with E-state index in [1.807, 2.05) is 36.4 Å². The van der Waals surface area contributed by atoms with Crippen LogP contribution in [0.15, 0.2) is 48.7 Å². The second-order valence-electron chi connectivity index (χ2n) is 9.45. The number of hydroxylamine groups is 1. The van der Waals surface area contributed by atoms with Crippen molar-refractivity contribution in [1.82, 2.24) is 9.97 Å². The van der Waals surface area contributed by atoms with Gasteiger partial charge in [0.15, 0.2) is 5.75 Å². The van der Waals surface area contributed by atoms with E-state index < -0.39 is 9.58 Å². The van der Waals surface area contributed by atoms with Crippen LogP contribution in [0.3, 0.4) is 0 Å². The number of nitriles is 1. The van der Waals surface area contributed by atoms with Crippen LogP contribution in [0.5, 0.6) is 11.5 Å². The summed E-state index contributed by atoms with van der Waals surface area (Å²) in [5.41, 5.74) is 5.30. The Morgan fingerprint density at radius 2 is 1.94 bits per heavy atom. The number of halogens is 1. The summed E-state index contributed by atoms with van der Waals surface area (Å²) in [5.74, 6) is 1.39. The zero-order valence-corrected chi connectivity index (χ0v) is 22.1. The highest BCUT2D eigenvalue weighted by Crippen LogP contribution is 2.40. The summed E-state index contributed by atoms with van der Waals surface area (Å²) in [6.45, 7) is 4.41. The first-order valence-electron chi connectivity index (χ1n) is 11.6. The predicted molar refractivity (Wildman–Crippen MR) is 140 cm³/mol. The van der Waals surface area contributed by atoms with Crippen molar-refractivity contribution in [3.05, 3.63) is 76.1 Å². The van der Waals surface area contributed by atoms with Gasteiger partial charge >= 0.3 is 0 Å². The SMILES string of the molecule is CC(C)(c1ccc(OCc2ccnc(N[N+](C)(O)S)n2)cc1)c1cc(Cl)c(OC2CCC2)c(C#N)c1. The van der Waals surface area contributed by atoms with Gasteiger partial charge in [-0.15, -0.1) is 0 Å². The summed E-state index contributed by atoms with van der Waals surface area (Å²) in [7, 11) is 1.42. The third-order valence-electron chi connectivity index (χ3n) is 6.21. The Hall–Kier alpha value is -3.03. The summed E-state index contributed by atoms with van der Waals surface area (Å²) >= 11 is 10.5. The molecule has 36 heavy (non-hydrogen) atoms. The van der Waals surface area contributed by atoms with Gasteiger partial charge in [0.2, 0.25) is 0 Å². The van der Waals surface area contributed by atoms with E-state index in [0.29, 0.717) is 27.8 Å². The van der Waals surface area contributed by atoms with Gasteiger partial charge in [-0.1, -0.05) is 37.6 Å². The highest BCUT2D eigenvalue weighted by Gasteiger charge is 2.28. The first-order valence-corrected chi connectivity index (χ1v) is 12.4. The maximum atomic E-state index is 9.73. The van der Waals surface area contributed by atoms with Crippen molar-refractivity contribution >= 4 is 30.4 Å². The normalized spacial score (nSPS) is 15.4. The van der Waals surface area contributed by atoms with Gasteiger partial charge in [-0.2, -0.15) is 15.9 Å². The molecule has 1 atom stereocenters. The molecule has 1 aromatic heterocycles. The fourth-order valence-electron chi connectivity index (χ4n) is 3.82. The Bertz CT molecular complexity index is 1270. The van der Waals surface area contributed by atoms with Gasteiger partial charge in [-0.25, -0.2) is 9.97 Å². The third kappa shape index (κ3) is 6.20. The van der Waals surface area contributed by atoms with Crippen molar-refractivity contribution in [2.75, 3.05) is 12.5 Å². The van der Waals surface area contributed by atoms with Crippen molar-refractivity contribution in [2.45, 2.75) is 51.2 Å². The number of quaternary nitrogens is 1. The monoisotopic (exact) mass is 526 g/mol. The van der Waals surface area contributed by atoms with E-state index in [1.54, 1.807) is 12.3 Å². The van der Waals surface area contributed by atoms with E-state index in [-0.39, 0.29) is 18.7 Å². The van der Waals surface area contributed by atoms with Crippen LogP contribution >= 0.6 is 24.4 Å². The summed E-state index contributed by atoms with van der Waals surface area (Å²) in [6.07, 6.45) is 4.85. The first-order chi connectivity index (χ1) is 17.0. The van der Waals surface area contributed by atoms with Crippen LogP contribution in [0.4, 0.5) is 5.95 Å². The molecule has 1 aliphatic carbocycles. The lowest BCUT2D eigenvalue weighted by Crippen LogP contribution is -2.36. The van der Waals surface area contributed by atoms with E-state index >= 15 is 0 Å². The summed E-state index contributed by atoms with van der Waals surface area (Å²) in [6, 6.07) is 15.5. The molecule has 2 N–H and O–H groups in total. The molecule has 188 valence electrons. The smallest absolute Gasteiger partial charge is 0.273 e. The molecular weight excluding hydrogens is 498 g/mol. The molecule has 0 amide bonds. The Balaban J connectivity index is 1.47. The van der Waals surface area contributed by atoms with Crippen LogP contribution in [0.25, 0.3) is 0 Å². The van der Waals surface area contributed by atoms with Gasteiger partial charge in [-0.3, -0.25) is 0 Å². The molecule has 3 aromatic rings. The average molecular weight is 527 g/mol. The van der Waals surface area contributed by atoms with Gasteiger partial charge in [-0.05, 0) is 64.9 Å². The molecule has 0 saturated heterocycles. The van der Waals surface area contributed by atoms with Crippen LogP contribution in [0.1, 0.15) is 55.5 Å². The maximum Gasteiger partial charge on any atom is 0.273 e. The minimum atomic E-state index is -0.793. The highest BCUT2D eigenvalue weighted by molar-refractivity contribution is 7.74. The van der Waals surface area contributed by atoms with Gasteiger partial charge in [0.05, 0.1) is 22.4 Å². The van der Waals surface area contributed by atoms with Crippen molar-refractivity contribution in [3.8, 4) is 17.6 Å². The van der Waals surface area contributed by atoms with E-state index in [9.17, 15) is 10.5 Å². The predicted octanol–water partition coefficient (Wildman–Crippen LogP) is 5.85. The number of nitrogens with zero attached hydrogens (tertiary/aromatic N) is 4. The minimum absolute atomic E-state index is 0.142. The first kappa shape index (κ1) is 26.0. The lowest BCUT2D eigenvalue weighted by molar-refractivity contribution is -0.955. The number of benzene rings is 2. The molecule has 4 rings (SSSR count). The summed E-state index contributed by atoms with van der Waals surface area (Å²) in [5, 5.41) is 19.9. The number of ether oxygens (including phenoxy) is 2. The topological polar surface area (TPSA) is 100 Å². The zero-order chi connectivity index (χ0) is 25.9. The van der Waals surface area contributed by atoms with Crippen LogP contribution in [-0.4, -0.2) is 32.5 Å². The molecule has 1 saturated carbocycles. The van der Waals surface area contributed by atoms with Crippen LogP contribution in [0, 0.1) is 11.3 Å². The molecule has 1 aliphatic rings. The minimum Gasteiger partial charge on any atom is -0.487 e. The molecule has 0 spiro atoms. The summed E-state index contributed by atoms with van der Waals surface area (Å²) < 4.78 is 11.1.